The van der Waals surface area contributed by atoms with Crippen LogP contribution in [0.4, 0.5) is 0 Å². The van der Waals surface area contributed by atoms with Gasteiger partial charge in [-0.25, -0.2) is 0 Å². The highest BCUT2D eigenvalue weighted by Crippen LogP contribution is 2.17. The van der Waals surface area contributed by atoms with Crippen molar-refractivity contribution in [1.29, 1.82) is 0 Å². The summed E-state index contributed by atoms with van der Waals surface area (Å²) in [4.78, 5) is 29.1. The van der Waals surface area contributed by atoms with Crippen molar-refractivity contribution in [3.63, 3.8) is 0 Å². The van der Waals surface area contributed by atoms with Gasteiger partial charge < -0.3 is 15.2 Å². The molecule has 0 aromatic carbocycles. The molecule has 2 heterocycles. The molecule has 1 aromatic rings. The Balaban J connectivity index is 1.75. The summed E-state index contributed by atoms with van der Waals surface area (Å²) in [6.45, 7) is 2.92. The van der Waals surface area contributed by atoms with Crippen molar-refractivity contribution in [2.45, 2.75) is 39.0 Å². The minimum absolute atomic E-state index is 0.0622. The summed E-state index contributed by atoms with van der Waals surface area (Å²) in [6, 6.07) is 0. The van der Waals surface area contributed by atoms with Crippen LogP contribution in [0, 0.1) is 12.8 Å². The minimum Gasteiger partial charge on any atom is -0.369 e. The number of nitrogens with zero attached hydrogens (tertiary/aromatic N) is 3. The van der Waals surface area contributed by atoms with E-state index < -0.39 is 0 Å². The third kappa shape index (κ3) is 3.79. The highest BCUT2D eigenvalue weighted by molar-refractivity contribution is 5.80. The molecule has 2 amide bonds. The van der Waals surface area contributed by atoms with E-state index in [0.717, 1.165) is 12.8 Å². The van der Waals surface area contributed by atoms with Gasteiger partial charge in [-0.05, 0) is 26.2 Å². The Morgan fingerprint density at radius 2 is 2.30 bits per heavy atom. The Morgan fingerprint density at radius 3 is 2.95 bits per heavy atom. The number of nitrogens with two attached hydrogens (primary N) is 1. The van der Waals surface area contributed by atoms with Crippen molar-refractivity contribution in [3.8, 4) is 0 Å². The molecule has 1 unspecified atom stereocenters. The molecule has 110 valence electrons. The van der Waals surface area contributed by atoms with E-state index in [4.69, 9.17) is 10.3 Å². The van der Waals surface area contributed by atoms with Gasteiger partial charge in [0.05, 0.1) is 5.92 Å². The van der Waals surface area contributed by atoms with Gasteiger partial charge in [0, 0.05) is 25.9 Å². The zero-order valence-corrected chi connectivity index (χ0v) is 11.7. The average Bonchev–Trinajstić information content (AvgIpc) is 2.84. The fourth-order valence-corrected chi connectivity index (χ4v) is 2.43. The van der Waals surface area contributed by atoms with E-state index in [-0.39, 0.29) is 17.7 Å². The highest BCUT2D eigenvalue weighted by Gasteiger charge is 2.26. The molecule has 20 heavy (non-hydrogen) atoms. The van der Waals surface area contributed by atoms with Crippen LogP contribution in [0.2, 0.25) is 0 Å². The molecule has 0 radical (unpaired) electrons. The maximum absolute atomic E-state index is 12.1. The molecule has 0 bridgehead atoms. The molecule has 1 atom stereocenters. The molecule has 1 aromatic heterocycles. The Labute approximate surface area is 117 Å². The molecule has 1 saturated heterocycles. The predicted octanol–water partition coefficient (Wildman–Crippen LogP) is 0.425. The maximum atomic E-state index is 12.1. The zero-order chi connectivity index (χ0) is 14.5. The third-order valence-electron chi connectivity index (χ3n) is 3.53. The van der Waals surface area contributed by atoms with Crippen LogP contribution in [0.25, 0.3) is 0 Å². The standard InChI is InChI=1S/C13H20N4O3/c1-9-15-11(20-16-9)5-2-6-12(18)17-7-3-4-10(8-17)13(14)19/h10H,2-8H2,1H3,(H2,14,19). The summed E-state index contributed by atoms with van der Waals surface area (Å²) >= 11 is 0. The molecule has 2 N–H and O–H groups in total. The van der Waals surface area contributed by atoms with E-state index in [9.17, 15) is 9.59 Å². The van der Waals surface area contributed by atoms with Gasteiger partial charge in [-0.3, -0.25) is 9.59 Å². The minimum atomic E-state index is -0.316. The lowest BCUT2D eigenvalue weighted by Gasteiger charge is -2.31. The molecule has 1 aliphatic rings. The van der Waals surface area contributed by atoms with Crippen LogP contribution in [0.3, 0.4) is 0 Å². The second kappa shape index (κ2) is 6.49. The van der Waals surface area contributed by atoms with Crippen molar-refractivity contribution >= 4 is 11.8 Å². The molecular formula is C13H20N4O3. The Hall–Kier alpha value is -1.92. The van der Waals surface area contributed by atoms with Crippen LogP contribution in [0.1, 0.15) is 37.4 Å². The highest BCUT2D eigenvalue weighted by atomic mass is 16.5. The van der Waals surface area contributed by atoms with Crippen molar-refractivity contribution in [1.82, 2.24) is 15.0 Å². The van der Waals surface area contributed by atoms with Gasteiger partial charge in [0.2, 0.25) is 17.7 Å². The van der Waals surface area contributed by atoms with Gasteiger partial charge in [0.15, 0.2) is 5.82 Å². The number of piperidine rings is 1. The number of hydrogen-bond donors (Lipinski definition) is 1. The van der Waals surface area contributed by atoms with Gasteiger partial charge in [0.25, 0.3) is 0 Å². The van der Waals surface area contributed by atoms with Crippen LogP contribution in [-0.4, -0.2) is 39.9 Å². The van der Waals surface area contributed by atoms with E-state index in [1.165, 1.54) is 0 Å². The first-order valence-electron chi connectivity index (χ1n) is 6.92. The summed E-state index contributed by atoms with van der Waals surface area (Å²) < 4.78 is 4.99. The number of amides is 2. The summed E-state index contributed by atoms with van der Waals surface area (Å²) in [5, 5.41) is 3.70. The Morgan fingerprint density at radius 1 is 1.50 bits per heavy atom. The van der Waals surface area contributed by atoms with Crippen LogP contribution < -0.4 is 5.73 Å². The van der Waals surface area contributed by atoms with Crippen LogP contribution in [0.15, 0.2) is 4.52 Å². The number of rotatable bonds is 5. The summed E-state index contributed by atoms with van der Waals surface area (Å²) in [7, 11) is 0. The van der Waals surface area contributed by atoms with E-state index in [0.29, 0.717) is 44.1 Å². The van der Waals surface area contributed by atoms with Crippen LogP contribution >= 0.6 is 0 Å². The van der Waals surface area contributed by atoms with Crippen molar-refractivity contribution in [3.05, 3.63) is 11.7 Å². The summed E-state index contributed by atoms with van der Waals surface area (Å²) in [6.07, 6.45) is 3.30. The van der Waals surface area contributed by atoms with Gasteiger partial charge in [-0.15, -0.1) is 0 Å². The third-order valence-corrected chi connectivity index (χ3v) is 3.53. The fourth-order valence-electron chi connectivity index (χ4n) is 2.43. The van der Waals surface area contributed by atoms with Crippen LogP contribution in [-0.2, 0) is 16.0 Å². The number of primary amides is 1. The largest absolute Gasteiger partial charge is 0.369 e. The van der Waals surface area contributed by atoms with E-state index in [2.05, 4.69) is 10.1 Å². The predicted molar refractivity (Wildman–Crippen MR) is 70.5 cm³/mol. The first kappa shape index (κ1) is 14.5. The zero-order valence-electron chi connectivity index (χ0n) is 11.7. The maximum Gasteiger partial charge on any atom is 0.226 e. The molecule has 0 saturated carbocycles. The number of carbonyl (C=O) groups excluding carboxylic acids is 2. The van der Waals surface area contributed by atoms with E-state index in [1.807, 2.05) is 0 Å². The lowest BCUT2D eigenvalue weighted by Crippen LogP contribution is -2.44. The van der Waals surface area contributed by atoms with Crippen molar-refractivity contribution in [2.24, 2.45) is 11.7 Å². The summed E-state index contributed by atoms with van der Waals surface area (Å²) in [5.41, 5.74) is 5.30. The average molecular weight is 280 g/mol. The molecule has 7 heteroatoms. The normalized spacial score (nSPS) is 19.1. The molecule has 2 rings (SSSR count). The van der Waals surface area contributed by atoms with Gasteiger partial charge in [0.1, 0.15) is 0 Å². The van der Waals surface area contributed by atoms with Crippen LogP contribution in [0.5, 0.6) is 0 Å². The fraction of sp³-hybridized carbons (Fsp3) is 0.692. The molecule has 0 aliphatic carbocycles. The van der Waals surface area contributed by atoms with Crippen molar-refractivity contribution in [2.75, 3.05) is 13.1 Å². The summed E-state index contributed by atoms with van der Waals surface area (Å²) in [5.74, 6) is 0.706. The number of aromatic nitrogens is 2. The lowest BCUT2D eigenvalue weighted by molar-refractivity contribution is -0.135. The Kier molecular flexibility index (Phi) is 4.70. The van der Waals surface area contributed by atoms with E-state index >= 15 is 0 Å². The molecule has 7 nitrogen and oxygen atoms in total. The number of aryl methyl sites for hydroxylation is 2. The second-order valence-electron chi connectivity index (χ2n) is 5.17. The monoisotopic (exact) mass is 280 g/mol. The topological polar surface area (TPSA) is 102 Å². The second-order valence-corrected chi connectivity index (χ2v) is 5.17. The molecular weight excluding hydrogens is 260 g/mol. The first-order chi connectivity index (χ1) is 9.56. The molecule has 0 spiro atoms. The molecule has 1 fully saturated rings. The van der Waals surface area contributed by atoms with E-state index in [1.54, 1.807) is 11.8 Å². The quantitative estimate of drug-likeness (QED) is 0.842. The van der Waals surface area contributed by atoms with Gasteiger partial charge in [-0.2, -0.15) is 4.98 Å². The smallest absolute Gasteiger partial charge is 0.226 e. The molecule has 1 aliphatic heterocycles. The van der Waals surface area contributed by atoms with Crippen molar-refractivity contribution < 1.29 is 14.1 Å². The van der Waals surface area contributed by atoms with Gasteiger partial charge >= 0.3 is 0 Å². The number of carbonyl (C=O) groups is 2. The first-order valence-corrected chi connectivity index (χ1v) is 6.92. The number of likely N-dealkylation sites (tertiary alicyclic amines) is 1. The van der Waals surface area contributed by atoms with Gasteiger partial charge in [-0.1, -0.05) is 5.16 Å². The number of hydrogen-bond acceptors (Lipinski definition) is 5. The Bertz CT molecular complexity index is 486. The SMILES string of the molecule is Cc1noc(CCCC(=O)N2CCCC(C(N)=O)C2)n1. The lowest BCUT2D eigenvalue weighted by atomic mass is 9.97.